The molecule has 1 aliphatic heterocycles. The molecule has 2 unspecified atom stereocenters. The standard InChI is InChI=1S/C10H12F5NO3/c1-5-2-3-16(6(4-5)7(17)18)8(19)9(11,12)10(13,14)15/h5-6H,2-4H2,1H3,(H,17,18). The SMILES string of the molecule is CC1CCN(C(=O)C(F)(F)C(F)(F)F)C(C(=O)O)C1. The van der Waals surface area contributed by atoms with Crippen LogP contribution < -0.4 is 0 Å². The molecule has 2 atom stereocenters. The van der Waals surface area contributed by atoms with Crippen LogP contribution in [0.3, 0.4) is 0 Å². The van der Waals surface area contributed by atoms with Crippen molar-refractivity contribution >= 4 is 11.9 Å². The molecule has 0 aliphatic carbocycles. The highest BCUT2D eigenvalue weighted by Gasteiger charge is 2.65. The van der Waals surface area contributed by atoms with E-state index in [1.165, 1.54) is 0 Å². The number of nitrogens with zero attached hydrogens (tertiary/aromatic N) is 1. The third-order valence-corrected chi connectivity index (χ3v) is 3.04. The highest BCUT2D eigenvalue weighted by Crippen LogP contribution is 2.38. The molecule has 0 saturated carbocycles. The molecule has 1 N–H and O–H groups in total. The van der Waals surface area contributed by atoms with E-state index in [9.17, 15) is 31.5 Å². The van der Waals surface area contributed by atoms with Gasteiger partial charge in [0.15, 0.2) is 0 Å². The number of carbonyl (C=O) groups is 2. The van der Waals surface area contributed by atoms with Crippen molar-refractivity contribution in [2.45, 2.75) is 37.9 Å². The molecule has 0 bridgehead atoms. The van der Waals surface area contributed by atoms with E-state index >= 15 is 0 Å². The Balaban J connectivity index is 3.00. The molecule has 4 nitrogen and oxygen atoms in total. The number of aliphatic carboxylic acids is 1. The summed E-state index contributed by atoms with van der Waals surface area (Å²) >= 11 is 0. The Labute approximate surface area is 105 Å². The molecular formula is C10H12F5NO3. The van der Waals surface area contributed by atoms with E-state index < -0.39 is 36.6 Å². The Hall–Kier alpha value is -1.41. The summed E-state index contributed by atoms with van der Waals surface area (Å²) in [5.74, 6) is -9.82. The van der Waals surface area contributed by atoms with Gasteiger partial charge in [-0.05, 0) is 18.8 Å². The average Bonchev–Trinajstić information content (AvgIpc) is 2.26. The Morgan fingerprint density at radius 1 is 1.21 bits per heavy atom. The van der Waals surface area contributed by atoms with Gasteiger partial charge in [-0.2, -0.15) is 22.0 Å². The number of carboxylic acid groups (broad SMARTS) is 1. The number of carbonyl (C=O) groups excluding carboxylic acids is 1. The highest BCUT2D eigenvalue weighted by molar-refractivity contribution is 5.89. The normalized spacial score (nSPS) is 25.3. The third-order valence-electron chi connectivity index (χ3n) is 3.04. The third kappa shape index (κ3) is 2.95. The summed E-state index contributed by atoms with van der Waals surface area (Å²) in [6.07, 6.45) is -5.99. The van der Waals surface area contributed by atoms with Gasteiger partial charge in [-0.3, -0.25) is 4.79 Å². The maximum atomic E-state index is 12.9. The van der Waals surface area contributed by atoms with Crippen molar-refractivity contribution < 1.29 is 36.6 Å². The lowest BCUT2D eigenvalue weighted by Crippen LogP contribution is -2.58. The quantitative estimate of drug-likeness (QED) is 0.790. The maximum Gasteiger partial charge on any atom is 0.463 e. The molecule has 110 valence electrons. The smallest absolute Gasteiger partial charge is 0.463 e. The number of alkyl halides is 5. The first-order chi connectivity index (χ1) is 8.48. The number of hydrogen-bond donors (Lipinski definition) is 1. The zero-order valence-corrected chi connectivity index (χ0v) is 9.88. The largest absolute Gasteiger partial charge is 0.480 e. The van der Waals surface area contributed by atoms with Gasteiger partial charge in [0.25, 0.3) is 0 Å². The molecule has 1 rings (SSSR count). The van der Waals surface area contributed by atoms with Gasteiger partial charge in [0.2, 0.25) is 0 Å². The minimum Gasteiger partial charge on any atom is -0.480 e. The van der Waals surface area contributed by atoms with Crippen LogP contribution in [0.25, 0.3) is 0 Å². The molecule has 1 aliphatic rings. The summed E-state index contributed by atoms with van der Waals surface area (Å²) in [7, 11) is 0. The monoisotopic (exact) mass is 289 g/mol. The summed E-state index contributed by atoms with van der Waals surface area (Å²) in [6.45, 7) is 1.21. The van der Waals surface area contributed by atoms with Crippen molar-refractivity contribution in [3.05, 3.63) is 0 Å². The van der Waals surface area contributed by atoms with E-state index in [1.54, 1.807) is 6.92 Å². The zero-order valence-electron chi connectivity index (χ0n) is 9.88. The van der Waals surface area contributed by atoms with Crippen molar-refractivity contribution in [2.24, 2.45) is 5.92 Å². The van der Waals surface area contributed by atoms with Crippen LogP contribution in [0.2, 0.25) is 0 Å². The molecule has 0 aromatic carbocycles. The Morgan fingerprint density at radius 2 is 1.74 bits per heavy atom. The molecule has 19 heavy (non-hydrogen) atoms. The first kappa shape index (κ1) is 15.6. The summed E-state index contributed by atoms with van der Waals surface area (Å²) in [5, 5.41) is 8.82. The lowest BCUT2D eigenvalue weighted by atomic mass is 9.92. The predicted octanol–water partition coefficient (Wildman–Crippen LogP) is 1.90. The van der Waals surface area contributed by atoms with Gasteiger partial charge in [0.05, 0.1) is 0 Å². The van der Waals surface area contributed by atoms with E-state index in [4.69, 9.17) is 5.11 Å². The van der Waals surface area contributed by atoms with Crippen LogP contribution in [0.1, 0.15) is 19.8 Å². The summed E-state index contributed by atoms with van der Waals surface area (Å²) < 4.78 is 62.2. The highest BCUT2D eigenvalue weighted by atomic mass is 19.4. The van der Waals surface area contributed by atoms with Crippen molar-refractivity contribution in [2.75, 3.05) is 6.54 Å². The Kier molecular flexibility index (Phi) is 4.06. The topological polar surface area (TPSA) is 57.6 Å². The van der Waals surface area contributed by atoms with Crippen LogP contribution >= 0.6 is 0 Å². The van der Waals surface area contributed by atoms with Crippen molar-refractivity contribution in [1.29, 1.82) is 0 Å². The first-order valence-corrected chi connectivity index (χ1v) is 5.47. The fraction of sp³-hybridized carbons (Fsp3) is 0.800. The zero-order chi connectivity index (χ0) is 15.0. The van der Waals surface area contributed by atoms with Crippen LogP contribution in [0, 0.1) is 5.92 Å². The van der Waals surface area contributed by atoms with Crippen molar-refractivity contribution in [1.82, 2.24) is 4.90 Å². The average molecular weight is 289 g/mol. The second-order valence-corrected chi connectivity index (χ2v) is 4.55. The molecule has 1 fully saturated rings. The molecule has 0 spiro atoms. The minimum atomic E-state index is -6.03. The van der Waals surface area contributed by atoms with Gasteiger partial charge < -0.3 is 10.0 Å². The second-order valence-electron chi connectivity index (χ2n) is 4.55. The lowest BCUT2D eigenvalue weighted by molar-refractivity contribution is -0.275. The molecule has 0 aromatic heterocycles. The number of amides is 1. The van der Waals surface area contributed by atoms with E-state index in [0.717, 1.165) is 0 Å². The van der Waals surface area contributed by atoms with Crippen LogP contribution in [0.4, 0.5) is 22.0 Å². The molecule has 0 radical (unpaired) electrons. The summed E-state index contributed by atoms with van der Waals surface area (Å²) in [5.41, 5.74) is 0. The van der Waals surface area contributed by atoms with Gasteiger partial charge in [-0.15, -0.1) is 0 Å². The summed E-state index contributed by atoms with van der Waals surface area (Å²) in [6, 6.07) is -1.65. The number of likely N-dealkylation sites (tertiary alicyclic amines) is 1. The van der Waals surface area contributed by atoms with Gasteiger partial charge in [-0.1, -0.05) is 6.92 Å². The molecular weight excluding hydrogens is 277 g/mol. The molecule has 1 amide bonds. The predicted molar refractivity (Wildman–Crippen MR) is 52.5 cm³/mol. The summed E-state index contributed by atoms with van der Waals surface area (Å²) in [4.78, 5) is 22.3. The maximum absolute atomic E-state index is 12.9. The lowest BCUT2D eigenvalue weighted by Gasteiger charge is -2.37. The molecule has 1 saturated heterocycles. The van der Waals surface area contributed by atoms with E-state index in [1.807, 2.05) is 0 Å². The van der Waals surface area contributed by atoms with Gasteiger partial charge in [0.1, 0.15) is 6.04 Å². The number of carboxylic acids is 1. The van der Waals surface area contributed by atoms with Crippen LogP contribution in [0.5, 0.6) is 0 Å². The Bertz CT molecular complexity index is 382. The van der Waals surface area contributed by atoms with Gasteiger partial charge in [-0.25, -0.2) is 4.79 Å². The van der Waals surface area contributed by atoms with Crippen molar-refractivity contribution in [3.8, 4) is 0 Å². The van der Waals surface area contributed by atoms with Gasteiger partial charge in [0, 0.05) is 6.54 Å². The number of hydrogen-bond acceptors (Lipinski definition) is 2. The minimum absolute atomic E-state index is 0.107. The number of piperidine rings is 1. The van der Waals surface area contributed by atoms with E-state index in [0.29, 0.717) is 0 Å². The van der Waals surface area contributed by atoms with Gasteiger partial charge >= 0.3 is 24.0 Å². The van der Waals surface area contributed by atoms with Crippen LogP contribution in [-0.4, -0.2) is 46.6 Å². The van der Waals surface area contributed by atoms with E-state index in [-0.39, 0.29) is 23.7 Å². The fourth-order valence-electron chi connectivity index (χ4n) is 1.92. The molecule has 0 aromatic rings. The number of rotatable bonds is 2. The van der Waals surface area contributed by atoms with Crippen LogP contribution in [0.15, 0.2) is 0 Å². The fourth-order valence-corrected chi connectivity index (χ4v) is 1.92. The molecule has 9 heteroatoms. The molecule has 1 heterocycles. The Morgan fingerprint density at radius 3 is 2.16 bits per heavy atom. The number of halogens is 5. The van der Waals surface area contributed by atoms with Crippen molar-refractivity contribution in [3.63, 3.8) is 0 Å². The van der Waals surface area contributed by atoms with E-state index in [2.05, 4.69) is 0 Å². The first-order valence-electron chi connectivity index (χ1n) is 5.47. The van der Waals surface area contributed by atoms with Crippen LogP contribution in [-0.2, 0) is 9.59 Å². The second kappa shape index (κ2) is 4.93.